The lowest BCUT2D eigenvalue weighted by Crippen LogP contribution is -2.27. The molecule has 7 heteroatoms. The van der Waals surface area contributed by atoms with E-state index in [0.29, 0.717) is 23.4 Å². The number of aromatic nitrogens is 2. The quantitative estimate of drug-likeness (QED) is 0.882. The molecule has 0 bridgehead atoms. The Labute approximate surface area is 117 Å². The number of rotatable bonds is 5. The highest BCUT2D eigenvalue weighted by Gasteiger charge is 2.19. The Balaban J connectivity index is 2.14. The summed E-state index contributed by atoms with van der Waals surface area (Å²) < 4.78 is 40.2. The number of aryl methyl sites for hydroxylation is 2. The van der Waals surface area contributed by atoms with Gasteiger partial charge in [-0.3, -0.25) is 0 Å². The monoisotopic (exact) mass is 297 g/mol. The zero-order valence-electron chi connectivity index (χ0n) is 11.3. The second-order valence-corrected chi connectivity index (χ2v) is 6.26. The Kier molecular flexibility index (Phi) is 4.20. The standard InChI is InChI=1S/C13H16FN3O2S/c1-9-7-11(14)8-10(2)13(9)20(18,19)17-4-3-12-15-5-6-16-12/h5-8,17H,3-4H2,1-2H3,(H,15,16). The first-order valence-electron chi connectivity index (χ1n) is 6.15. The van der Waals surface area contributed by atoms with Crippen molar-refractivity contribution in [2.75, 3.05) is 6.54 Å². The lowest BCUT2D eigenvalue weighted by atomic mass is 10.1. The maximum absolute atomic E-state index is 13.2. The van der Waals surface area contributed by atoms with Gasteiger partial charge in [0, 0.05) is 25.4 Å². The Hall–Kier alpha value is -1.73. The molecule has 0 atom stereocenters. The summed E-state index contributed by atoms with van der Waals surface area (Å²) in [5, 5.41) is 0. The van der Waals surface area contributed by atoms with E-state index in [1.807, 2.05) is 0 Å². The number of nitrogens with zero attached hydrogens (tertiary/aromatic N) is 1. The molecule has 0 saturated carbocycles. The minimum absolute atomic E-state index is 0.137. The second kappa shape index (κ2) is 5.72. The van der Waals surface area contributed by atoms with Gasteiger partial charge in [-0.2, -0.15) is 0 Å². The molecular formula is C13H16FN3O2S. The number of H-pyrrole nitrogens is 1. The number of hydrogen-bond donors (Lipinski definition) is 2. The lowest BCUT2D eigenvalue weighted by molar-refractivity contribution is 0.578. The number of hydrogen-bond acceptors (Lipinski definition) is 3. The molecule has 0 radical (unpaired) electrons. The Morgan fingerprint density at radius 1 is 1.30 bits per heavy atom. The van der Waals surface area contributed by atoms with Crippen LogP contribution in [-0.2, 0) is 16.4 Å². The molecule has 20 heavy (non-hydrogen) atoms. The average Bonchev–Trinajstić information content (AvgIpc) is 2.79. The fourth-order valence-corrected chi connectivity index (χ4v) is 3.61. The van der Waals surface area contributed by atoms with Gasteiger partial charge in [0.05, 0.1) is 4.90 Å². The maximum Gasteiger partial charge on any atom is 0.241 e. The molecule has 0 spiro atoms. The minimum Gasteiger partial charge on any atom is -0.349 e. The van der Waals surface area contributed by atoms with Gasteiger partial charge in [-0.25, -0.2) is 22.5 Å². The number of aromatic amines is 1. The van der Waals surface area contributed by atoms with Crippen molar-refractivity contribution in [2.45, 2.75) is 25.2 Å². The van der Waals surface area contributed by atoms with E-state index in [2.05, 4.69) is 14.7 Å². The normalized spacial score (nSPS) is 11.8. The predicted octanol–water partition coefficient (Wildman–Crippen LogP) is 1.69. The molecule has 0 saturated heterocycles. The van der Waals surface area contributed by atoms with E-state index in [4.69, 9.17) is 0 Å². The first-order valence-corrected chi connectivity index (χ1v) is 7.63. The smallest absolute Gasteiger partial charge is 0.241 e. The van der Waals surface area contributed by atoms with E-state index < -0.39 is 15.8 Å². The third-order valence-electron chi connectivity index (χ3n) is 2.90. The van der Waals surface area contributed by atoms with Crippen molar-refractivity contribution in [2.24, 2.45) is 0 Å². The molecule has 0 amide bonds. The molecule has 0 aliphatic rings. The van der Waals surface area contributed by atoms with E-state index >= 15 is 0 Å². The molecule has 0 unspecified atom stereocenters. The van der Waals surface area contributed by atoms with Gasteiger partial charge in [-0.05, 0) is 37.1 Å². The maximum atomic E-state index is 13.2. The van der Waals surface area contributed by atoms with E-state index in [1.54, 1.807) is 26.2 Å². The summed E-state index contributed by atoms with van der Waals surface area (Å²) >= 11 is 0. The minimum atomic E-state index is -3.65. The van der Waals surface area contributed by atoms with Gasteiger partial charge in [0.15, 0.2) is 0 Å². The van der Waals surface area contributed by atoms with Crippen molar-refractivity contribution >= 4 is 10.0 Å². The van der Waals surface area contributed by atoms with Crippen molar-refractivity contribution in [3.63, 3.8) is 0 Å². The van der Waals surface area contributed by atoms with Crippen LogP contribution in [-0.4, -0.2) is 24.9 Å². The molecule has 1 heterocycles. The van der Waals surface area contributed by atoms with Crippen LogP contribution in [0.1, 0.15) is 17.0 Å². The molecule has 5 nitrogen and oxygen atoms in total. The molecule has 2 N–H and O–H groups in total. The first-order chi connectivity index (χ1) is 9.40. The van der Waals surface area contributed by atoms with Crippen LogP contribution in [0.2, 0.25) is 0 Å². The van der Waals surface area contributed by atoms with E-state index in [1.165, 1.54) is 12.1 Å². The van der Waals surface area contributed by atoms with Crippen molar-refractivity contribution in [3.05, 3.63) is 47.3 Å². The molecular weight excluding hydrogens is 281 g/mol. The Bertz CT molecular complexity index is 673. The van der Waals surface area contributed by atoms with Crippen LogP contribution >= 0.6 is 0 Å². The molecule has 1 aromatic carbocycles. The van der Waals surface area contributed by atoms with E-state index in [0.717, 1.165) is 0 Å². The second-order valence-electron chi connectivity index (χ2n) is 4.55. The fraction of sp³-hybridized carbons (Fsp3) is 0.308. The van der Waals surface area contributed by atoms with Gasteiger partial charge in [0.1, 0.15) is 11.6 Å². The number of imidazole rings is 1. The van der Waals surface area contributed by atoms with Crippen LogP contribution in [0.5, 0.6) is 0 Å². The summed E-state index contributed by atoms with van der Waals surface area (Å²) in [4.78, 5) is 7.05. The summed E-state index contributed by atoms with van der Waals surface area (Å²) in [7, 11) is -3.65. The van der Waals surface area contributed by atoms with Crippen LogP contribution in [0.15, 0.2) is 29.4 Å². The predicted molar refractivity (Wildman–Crippen MR) is 73.4 cm³/mol. The van der Waals surface area contributed by atoms with Crippen LogP contribution < -0.4 is 4.72 Å². The molecule has 2 rings (SSSR count). The molecule has 0 aliphatic heterocycles. The fourth-order valence-electron chi connectivity index (χ4n) is 2.13. The highest BCUT2D eigenvalue weighted by atomic mass is 32.2. The molecule has 108 valence electrons. The first kappa shape index (κ1) is 14.7. The summed E-state index contributed by atoms with van der Waals surface area (Å²) in [6, 6.07) is 2.43. The zero-order chi connectivity index (χ0) is 14.8. The number of halogens is 1. The Morgan fingerprint density at radius 3 is 2.50 bits per heavy atom. The van der Waals surface area contributed by atoms with Gasteiger partial charge in [0.2, 0.25) is 10.0 Å². The third-order valence-corrected chi connectivity index (χ3v) is 4.67. The van der Waals surface area contributed by atoms with Gasteiger partial charge in [-0.1, -0.05) is 0 Å². The van der Waals surface area contributed by atoms with Crippen molar-refractivity contribution < 1.29 is 12.8 Å². The topological polar surface area (TPSA) is 74.8 Å². The highest BCUT2D eigenvalue weighted by molar-refractivity contribution is 7.89. The highest BCUT2D eigenvalue weighted by Crippen LogP contribution is 2.21. The van der Waals surface area contributed by atoms with E-state index in [-0.39, 0.29) is 11.4 Å². The molecule has 2 aromatic rings. The third kappa shape index (κ3) is 3.23. The SMILES string of the molecule is Cc1cc(F)cc(C)c1S(=O)(=O)NCCc1ncc[nH]1. The summed E-state index contributed by atoms with van der Waals surface area (Å²) in [5.41, 5.74) is 0.793. The molecule has 0 aliphatic carbocycles. The van der Waals surface area contributed by atoms with Gasteiger partial charge >= 0.3 is 0 Å². The van der Waals surface area contributed by atoms with Crippen LogP contribution in [0, 0.1) is 19.7 Å². The van der Waals surface area contributed by atoms with Crippen molar-refractivity contribution in [1.82, 2.24) is 14.7 Å². The van der Waals surface area contributed by atoms with Gasteiger partial charge in [0.25, 0.3) is 0 Å². The summed E-state index contributed by atoms with van der Waals surface area (Å²) in [6.07, 6.45) is 3.75. The lowest BCUT2D eigenvalue weighted by Gasteiger charge is -2.12. The Morgan fingerprint density at radius 2 is 1.95 bits per heavy atom. The molecule has 1 aromatic heterocycles. The van der Waals surface area contributed by atoms with Crippen LogP contribution in [0.3, 0.4) is 0 Å². The van der Waals surface area contributed by atoms with Crippen molar-refractivity contribution in [1.29, 1.82) is 0 Å². The summed E-state index contributed by atoms with van der Waals surface area (Å²) in [5.74, 6) is 0.273. The van der Waals surface area contributed by atoms with Crippen molar-refractivity contribution in [3.8, 4) is 0 Å². The molecule has 0 fully saturated rings. The van der Waals surface area contributed by atoms with Crippen LogP contribution in [0.25, 0.3) is 0 Å². The largest absolute Gasteiger partial charge is 0.349 e. The van der Waals surface area contributed by atoms with E-state index in [9.17, 15) is 12.8 Å². The number of benzene rings is 1. The zero-order valence-corrected chi connectivity index (χ0v) is 12.1. The van der Waals surface area contributed by atoms with Crippen LogP contribution in [0.4, 0.5) is 4.39 Å². The van der Waals surface area contributed by atoms with Gasteiger partial charge in [-0.15, -0.1) is 0 Å². The number of nitrogens with one attached hydrogen (secondary N) is 2. The van der Waals surface area contributed by atoms with Gasteiger partial charge < -0.3 is 4.98 Å². The average molecular weight is 297 g/mol. The number of sulfonamides is 1. The summed E-state index contributed by atoms with van der Waals surface area (Å²) in [6.45, 7) is 3.39.